The monoisotopic (exact) mass is 397 g/mol. The van der Waals surface area contributed by atoms with Crippen molar-refractivity contribution in [1.29, 1.82) is 0 Å². The molecule has 0 unspecified atom stereocenters. The standard InChI is InChI=1S/C15H11F4N7S/c16-8-1-3-9(4-2-8)22-13-25-11(24-12(20)26-13)7-27-14-21-6-5-10(23-14)15(17,18)19/h1-6H,7H2,(H3,20,22,24,25,26). The molecule has 140 valence electrons. The zero-order valence-corrected chi connectivity index (χ0v) is 14.2. The van der Waals surface area contributed by atoms with E-state index in [2.05, 4.69) is 30.2 Å². The van der Waals surface area contributed by atoms with E-state index in [-0.39, 0.29) is 28.6 Å². The molecule has 0 saturated carbocycles. The maximum Gasteiger partial charge on any atom is 0.433 e. The fourth-order valence-corrected chi connectivity index (χ4v) is 2.60. The number of nitrogens with zero attached hydrogens (tertiary/aromatic N) is 5. The Labute approximate surface area is 154 Å². The van der Waals surface area contributed by atoms with Crippen molar-refractivity contribution >= 4 is 29.3 Å². The molecule has 2 heterocycles. The minimum atomic E-state index is -4.55. The van der Waals surface area contributed by atoms with Crippen LogP contribution < -0.4 is 11.1 Å². The normalized spacial score (nSPS) is 11.4. The molecule has 7 nitrogen and oxygen atoms in total. The molecular weight excluding hydrogens is 386 g/mol. The van der Waals surface area contributed by atoms with Crippen molar-refractivity contribution in [3.05, 3.63) is 53.9 Å². The van der Waals surface area contributed by atoms with Crippen molar-refractivity contribution in [2.75, 3.05) is 11.1 Å². The summed E-state index contributed by atoms with van der Waals surface area (Å²) in [6.07, 6.45) is -3.52. The van der Waals surface area contributed by atoms with Crippen LogP contribution in [0.25, 0.3) is 0 Å². The van der Waals surface area contributed by atoms with Crippen LogP contribution in [-0.4, -0.2) is 24.9 Å². The van der Waals surface area contributed by atoms with Gasteiger partial charge >= 0.3 is 6.18 Å². The number of benzene rings is 1. The number of nitrogen functional groups attached to an aromatic ring is 1. The minimum Gasteiger partial charge on any atom is -0.368 e. The van der Waals surface area contributed by atoms with Gasteiger partial charge in [0.2, 0.25) is 11.9 Å². The van der Waals surface area contributed by atoms with Gasteiger partial charge < -0.3 is 11.1 Å². The first kappa shape index (κ1) is 18.8. The molecule has 2 aromatic heterocycles. The highest BCUT2D eigenvalue weighted by Crippen LogP contribution is 2.29. The lowest BCUT2D eigenvalue weighted by Gasteiger charge is -2.08. The fourth-order valence-electron chi connectivity index (χ4n) is 1.92. The number of aromatic nitrogens is 5. The Hall–Kier alpha value is -3.02. The number of rotatable bonds is 5. The Bertz CT molecular complexity index is 934. The van der Waals surface area contributed by atoms with Gasteiger partial charge in [-0.05, 0) is 30.3 Å². The molecule has 3 N–H and O–H groups in total. The quantitative estimate of drug-likeness (QED) is 0.383. The van der Waals surface area contributed by atoms with Crippen molar-refractivity contribution in [2.45, 2.75) is 17.1 Å². The summed E-state index contributed by atoms with van der Waals surface area (Å²) in [6.45, 7) is 0. The maximum absolute atomic E-state index is 12.9. The smallest absolute Gasteiger partial charge is 0.368 e. The van der Waals surface area contributed by atoms with Gasteiger partial charge in [0, 0.05) is 11.9 Å². The molecule has 27 heavy (non-hydrogen) atoms. The first-order valence-electron chi connectivity index (χ1n) is 7.35. The molecule has 0 aliphatic rings. The topological polar surface area (TPSA) is 102 Å². The van der Waals surface area contributed by atoms with Gasteiger partial charge in [0.05, 0.1) is 5.75 Å². The highest BCUT2D eigenvalue weighted by Gasteiger charge is 2.32. The van der Waals surface area contributed by atoms with Gasteiger partial charge in [-0.15, -0.1) is 0 Å². The van der Waals surface area contributed by atoms with Gasteiger partial charge in [0.15, 0.2) is 5.16 Å². The second kappa shape index (κ2) is 7.70. The summed E-state index contributed by atoms with van der Waals surface area (Å²) < 4.78 is 51.0. The van der Waals surface area contributed by atoms with Crippen LogP contribution >= 0.6 is 11.8 Å². The molecule has 1 aromatic carbocycles. The zero-order chi connectivity index (χ0) is 19.4. The van der Waals surface area contributed by atoms with Gasteiger partial charge in [0.25, 0.3) is 0 Å². The summed E-state index contributed by atoms with van der Waals surface area (Å²) in [7, 11) is 0. The van der Waals surface area contributed by atoms with E-state index in [4.69, 9.17) is 5.73 Å². The molecule has 0 saturated heterocycles. The summed E-state index contributed by atoms with van der Waals surface area (Å²) in [4.78, 5) is 19.2. The van der Waals surface area contributed by atoms with Crippen molar-refractivity contribution in [2.24, 2.45) is 0 Å². The third kappa shape index (κ3) is 5.23. The molecule has 0 aliphatic heterocycles. The molecule has 12 heteroatoms. The van der Waals surface area contributed by atoms with Crippen molar-refractivity contribution in [1.82, 2.24) is 24.9 Å². The molecule has 3 rings (SSSR count). The number of hydrogen-bond acceptors (Lipinski definition) is 8. The number of thioether (sulfide) groups is 1. The van der Waals surface area contributed by atoms with Crippen LogP contribution in [0.3, 0.4) is 0 Å². The van der Waals surface area contributed by atoms with E-state index >= 15 is 0 Å². The van der Waals surface area contributed by atoms with E-state index in [1.807, 2.05) is 0 Å². The Balaban J connectivity index is 1.72. The van der Waals surface area contributed by atoms with Crippen LogP contribution in [0.15, 0.2) is 41.7 Å². The van der Waals surface area contributed by atoms with E-state index in [1.165, 1.54) is 24.3 Å². The van der Waals surface area contributed by atoms with Crippen LogP contribution in [-0.2, 0) is 11.9 Å². The van der Waals surface area contributed by atoms with Gasteiger partial charge in [-0.1, -0.05) is 11.8 Å². The number of hydrogen-bond donors (Lipinski definition) is 2. The van der Waals surface area contributed by atoms with E-state index in [9.17, 15) is 17.6 Å². The van der Waals surface area contributed by atoms with Gasteiger partial charge in [0.1, 0.15) is 17.3 Å². The van der Waals surface area contributed by atoms with Crippen LogP contribution in [0.1, 0.15) is 11.5 Å². The Morgan fingerprint density at radius 2 is 1.74 bits per heavy atom. The van der Waals surface area contributed by atoms with Gasteiger partial charge in [-0.2, -0.15) is 28.1 Å². The van der Waals surface area contributed by atoms with Gasteiger partial charge in [-0.3, -0.25) is 0 Å². The number of anilines is 3. The second-order valence-corrected chi connectivity index (χ2v) is 6.02. The highest BCUT2D eigenvalue weighted by molar-refractivity contribution is 7.98. The first-order valence-corrected chi connectivity index (χ1v) is 8.34. The van der Waals surface area contributed by atoms with Crippen molar-refractivity contribution in [3.8, 4) is 0 Å². The summed E-state index contributed by atoms with van der Waals surface area (Å²) >= 11 is 0.922. The van der Waals surface area contributed by atoms with Crippen LogP contribution in [0.5, 0.6) is 0 Å². The lowest BCUT2D eigenvalue weighted by Crippen LogP contribution is -2.09. The Kier molecular flexibility index (Phi) is 5.35. The number of alkyl halides is 3. The Morgan fingerprint density at radius 3 is 2.44 bits per heavy atom. The number of nitrogens with one attached hydrogen (secondary N) is 1. The fraction of sp³-hybridized carbons (Fsp3) is 0.133. The van der Waals surface area contributed by atoms with E-state index in [0.29, 0.717) is 5.69 Å². The maximum atomic E-state index is 12.9. The van der Waals surface area contributed by atoms with E-state index < -0.39 is 17.7 Å². The lowest BCUT2D eigenvalue weighted by molar-refractivity contribution is -0.141. The largest absolute Gasteiger partial charge is 0.433 e. The summed E-state index contributed by atoms with van der Waals surface area (Å²) in [5.41, 5.74) is 5.13. The molecule has 0 radical (unpaired) electrons. The summed E-state index contributed by atoms with van der Waals surface area (Å²) in [5.74, 6) is -0.0524. The van der Waals surface area contributed by atoms with Crippen molar-refractivity contribution < 1.29 is 17.6 Å². The highest BCUT2D eigenvalue weighted by atomic mass is 32.2. The summed E-state index contributed by atoms with van der Waals surface area (Å²) in [6, 6.07) is 6.28. The SMILES string of the molecule is Nc1nc(CSc2nccc(C(F)(F)F)n2)nc(Nc2ccc(F)cc2)n1. The first-order chi connectivity index (χ1) is 12.8. The van der Waals surface area contributed by atoms with Gasteiger partial charge in [-0.25, -0.2) is 14.4 Å². The second-order valence-electron chi connectivity index (χ2n) is 5.08. The third-order valence-corrected chi connectivity index (χ3v) is 3.91. The molecular formula is C15H11F4N7S. The molecule has 0 bridgehead atoms. The average Bonchev–Trinajstić information content (AvgIpc) is 2.61. The number of nitrogens with two attached hydrogens (primary N) is 1. The molecule has 0 atom stereocenters. The number of halogens is 4. The minimum absolute atomic E-state index is 0.0724. The lowest BCUT2D eigenvalue weighted by atomic mass is 10.3. The van der Waals surface area contributed by atoms with Crippen LogP contribution in [0, 0.1) is 5.82 Å². The molecule has 3 aromatic rings. The van der Waals surface area contributed by atoms with Crippen LogP contribution in [0.2, 0.25) is 0 Å². The van der Waals surface area contributed by atoms with E-state index in [0.717, 1.165) is 24.0 Å². The average molecular weight is 397 g/mol. The molecule has 0 amide bonds. The predicted octanol–water partition coefficient (Wildman–Crippen LogP) is 3.44. The van der Waals surface area contributed by atoms with Crippen LogP contribution in [0.4, 0.5) is 35.1 Å². The third-order valence-electron chi connectivity index (χ3n) is 3.05. The molecule has 0 aliphatic carbocycles. The molecule has 0 spiro atoms. The van der Waals surface area contributed by atoms with Crippen molar-refractivity contribution in [3.63, 3.8) is 0 Å². The Morgan fingerprint density at radius 1 is 1.00 bits per heavy atom. The summed E-state index contributed by atoms with van der Waals surface area (Å²) in [5, 5.41) is 2.77. The predicted molar refractivity (Wildman–Crippen MR) is 90.5 cm³/mol. The van der Waals surface area contributed by atoms with E-state index in [1.54, 1.807) is 0 Å². The zero-order valence-electron chi connectivity index (χ0n) is 13.4. The molecule has 0 fully saturated rings.